The number of hydrogen-bond donors (Lipinski definition) is 0. The van der Waals surface area contributed by atoms with Gasteiger partial charge in [-0.05, 0) is 24.3 Å². The Bertz CT molecular complexity index is 456. The van der Waals surface area contributed by atoms with Gasteiger partial charge in [0.1, 0.15) is 10.7 Å². The number of nitrogens with zero attached hydrogens (tertiary/aromatic N) is 1. The van der Waals surface area contributed by atoms with E-state index in [1.807, 2.05) is 31.9 Å². The van der Waals surface area contributed by atoms with Crippen LogP contribution in [0, 0.1) is 0 Å². The highest BCUT2D eigenvalue weighted by Gasteiger charge is 2.52. The predicted molar refractivity (Wildman–Crippen MR) is 93.3 cm³/mol. The third-order valence-electron chi connectivity index (χ3n) is 3.59. The van der Waals surface area contributed by atoms with Crippen LogP contribution in [0.15, 0.2) is 22.4 Å². The Morgan fingerprint density at radius 2 is 1.91 bits per heavy atom. The van der Waals surface area contributed by atoms with E-state index in [4.69, 9.17) is 21.1 Å². The lowest BCUT2D eigenvalue weighted by Crippen LogP contribution is -2.41. The monoisotopic (exact) mass is 347 g/mol. The summed E-state index contributed by atoms with van der Waals surface area (Å²) in [5, 5.41) is 0.165. The summed E-state index contributed by atoms with van der Waals surface area (Å²) in [4.78, 5) is 14.2. The molecule has 0 N–H and O–H groups in total. The van der Waals surface area contributed by atoms with Gasteiger partial charge in [-0.1, -0.05) is 31.0 Å². The molecule has 1 aliphatic carbocycles. The number of methoxy groups -OCH3 is 2. The zero-order valence-electron chi connectivity index (χ0n) is 14.1. The predicted octanol–water partition coefficient (Wildman–Crippen LogP) is 3.42. The lowest BCUT2D eigenvalue weighted by Gasteiger charge is -2.33. The van der Waals surface area contributed by atoms with Crippen LogP contribution in [0.4, 0.5) is 0 Å². The number of ketones is 1. The summed E-state index contributed by atoms with van der Waals surface area (Å²) in [5.74, 6) is 0.698. The first-order valence-electron chi connectivity index (χ1n) is 7.47. The minimum Gasteiger partial charge on any atom is -0.375 e. The molecule has 126 valence electrons. The van der Waals surface area contributed by atoms with Crippen molar-refractivity contribution in [2.75, 3.05) is 39.8 Å². The molecular weight excluding hydrogens is 322 g/mol. The first-order chi connectivity index (χ1) is 10.5. The van der Waals surface area contributed by atoms with Gasteiger partial charge in [-0.15, -0.1) is 0 Å². The average Bonchev–Trinajstić information content (AvgIpc) is 2.71. The first kappa shape index (κ1) is 19.6. The summed E-state index contributed by atoms with van der Waals surface area (Å²) in [6.45, 7) is 2.18. The third kappa shape index (κ3) is 3.88. The quantitative estimate of drug-likeness (QED) is 0.363. The number of carbonyl (C=O) groups is 1. The topological polar surface area (TPSA) is 38.8 Å². The van der Waals surface area contributed by atoms with Gasteiger partial charge in [-0.2, -0.15) is 11.8 Å². The second kappa shape index (κ2) is 8.96. The third-order valence-corrected chi connectivity index (χ3v) is 5.05. The Labute approximate surface area is 142 Å². The van der Waals surface area contributed by atoms with Gasteiger partial charge >= 0.3 is 0 Å². The molecule has 4 nitrogen and oxygen atoms in total. The molecule has 0 saturated heterocycles. The van der Waals surface area contributed by atoms with Gasteiger partial charge in [-0.25, -0.2) is 0 Å². The van der Waals surface area contributed by atoms with Crippen LogP contribution in [0.25, 0.3) is 0 Å². The van der Waals surface area contributed by atoms with Crippen LogP contribution >= 0.6 is 23.4 Å². The molecule has 0 unspecified atom stereocenters. The number of ether oxygens (including phenoxy) is 2. The van der Waals surface area contributed by atoms with Crippen molar-refractivity contribution in [1.82, 2.24) is 4.90 Å². The zero-order chi connectivity index (χ0) is 16.8. The second-order valence-electron chi connectivity index (χ2n) is 5.28. The smallest absolute Gasteiger partial charge is 0.242 e. The Morgan fingerprint density at radius 3 is 2.41 bits per heavy atom. The van der Waals surface area contributed by atoms with Gasteiger partial charge in [0.05, 0.1) is 5.57 Å². The molecule has 0 heterocycles. The molecule has 0 spiro atoms. The Morgan fingerprint density at radius 1 is 1.27 bits per heavy atom. The second-order valence-corrected chi connectivity index (χ2v) is 6.89. The number of Topliss-reactive ketones (excluding diaryl/α,β-unsaturated/α-hetero) is 1. The van der Waals surface area contributed by atoms with Crippen molar-refractivity contribution in [3.63, 3.8) is 0 Å². The fraction of sp³-hybridized carbons (Fsp3) is 0.688. The molecule has 0 aromatic carbocycles. The SMILES string of the molecule is CCCCSCC/C=C1\C(=O)C(Cl)=C(N(C)C)C1(OC)OC. The zero-order valence-corrected chi connectivity index (χ0v) is 15.6. The normalized spacial score (nSPS) is 19.4. The van der Waals surface area contributed by atoms with Crippen LogP contribution in [0.1, 0.15) is 26.2 Å². The highest BCUT2D eigenvalue weighted by atomic mass is 35.5. The lowest BCUT2D eigenvalue weighted by atomic mass is 10.1. The number of halogens is 1. The molecular formula is C16H26ClNO3S. The summed E-state index contributed by atoms with van der Waals surface area (Å²) in [6.07, 6.45) is 5.11. The van der Waals surface area contributed by atoms with E-state index in [0.717, 1.165) is 17.9 Å². The van der Waals surface area contributed by atoms with Crippen molar-refractivity contribution >= 4 is 29.1 Å². The van der Waals surface area contributed by atoms with E-state index >= 15 is 0 Å². The standard InChI is InChI=1S/C16H26ClNO3S/c1-6-7-10-22-11-8-9-12-14(19)13(17)15(18(2)3)16(12,20-4)21-5/h9H,6-8,10-11H2,1-5H3/b12-9+. The van der Waals surface area contributed by atoms with Gasteiger partial charge in [0.25, 0.3) is 0 Å². The molecule has 1 aliphatic rings. The molecule has 0 radical (unpaired) electrons. The molecule has 0 atom stereocenters. The largest absolute Gasteiger partial charge is 0.375 e. The van der Waals surface area contributed by atoms with Crippen LogP contribution in [-0.4, -0.2) is 56.3 Å². The van der Waals surface area contributed by atoms with Crippen molar-refractivity contribution in [1.29, 1.82) is 0 Å². The highest BCUT2D eigenvalue weighted by molar-refractivity contribution is 7.99. The molecule has 22 heavy (non-hydrogen) atoms. The van der Waals surface area contributed by atoms with Crippen LogP contribution in [-0.2, 0) is 14.3 Å². The molecule has 0 aliphatic heterocycles. The molecule has 6 heteroatoms. The lowest BCUT2D eigenvalue weighted by molar-refractivity contribution is -0.159. The van der Waals surface area contributed by atoms with E-state index in [2.05, 4.69) is 6.92 Å². The first-order valence-corrected chi connectivity index (χ1v) is 9.00. The van der Waals surface area contributed by atoms with Crippen LogP contribution in [0.5, 0.6) is 0 Å². The fourth-order valence-corrected chi connectivity index (χ4v) is 3.87. The number of unbranched alkanes of at least 4 members (excludes halogenated alkanes) is 1. The van der Waals surface area contributed by atoms with E-state index < -0.39 is 5.79 Å². The van der Waals surface area contributed by atoms with Gasteiger partial charge in [0.15, 0.2) is 0 Å². The molecule has 0 fully saturated rings. The maximum atomic E-state index is 12.5. The summed E-state index contributed by atoms with van der Waals surface area (Å²) < 4.78 is 11.1. The van der Waals surface area contributed by atoms with Crippen LogP contribution < -0.4 is 0 Å². The molecule has 0 bridgehead atoms. The van der Waals surface area contributed by atoms with Gasteiger partial charge < -0.3 is 14.4 Å². The van der Waals surface area contributed by atoms with Gasteiger partial charge in [0.2, 0.25) is 11.6 Å². The van der Waals surface area contributed by atoms with Crippen molar-refractivity contribution in [2.24, 2.45) is 0 Å². The summed E-state index contributed by atoms with van der Waals surface area (Å²) in [5.41, 5.74) is 1.02. The van der Waals surface area contributed by atoms with Gasteiger partial charge in [-0.3, -0.25) is 4.79 Å². The number of thioether (sulfide) groups is 1. The van der Waals surface area contributed by atoms with E-state index in [1.165, 1.54) is 27.1 Å². The van der Waals surface area contributed by atoms with E-state index in [0.29, 0.717) is 11.3 Å². The van der Waals surface area contributed by atoms with Crippen molar-refractivity contribution in [3.05, 3.63) is 22.4 Å². The van der Waals surface area contributed by atoms with E-state index in [9.17, 15) is 4.79 Å². The molecule has 0 saturated carbocycles. The van der Waals surface area contributed by atoms with Crippen molar-refractivity contribution in [3.8, 4) is 0 Å². The highest BCUT2D eigenvalue weighted by Crippen LogP contribution is 2.43. The summed E-state index contributed by atoms with van der Waals surface area (Å²) >= 11 is 8.12. The molecule has 1 rings (SSSR count). The van der Waals surface area contributed by atoms with E-state index in [1.54, 1.807) is 4.90 Å². The maximum Gasteiger partial charge on any atom is 0.242 e. The summed E-state index contributed by atoms with van der Waals surface area (Å²) in [6, 6.07) is 0. The number of allylic oxidation sites excluding steroid dienone is 2. The van der Waals surface area contributed by atoms with Crippen molar-refractivity contribution in [2.45, 2.75) is 32.0 Å². The number of hydrogen-bond acceptors (Lipinski definition) is 5. The van der Waals surface area contributed by atoms with E-state index in [-0.39, 0.29) is 10.8 Å². The Hall–Kier alpha value is -0.490. The number of rotatable bonds is 9. The molecule has 0 aromatic heterocycles. The van der Waals surface area contributed by atoms with Crippen LogP contribution in [0.3, 0.4) is 0 Å². The van der Waals surface area contributed by atoms with Gasteiger partial charge in [0, 0.05) is 28.3 Å². The summed E-state index contributed by atoms with van der Waals surface area (Å²) in [7, 11) is 6.70. The minimum absolute atomic E-state index is 0.165. The maximum absolute atomic E-state index is 12.5. The number of carbonyl (C=O) groups excluding carboxylic acids is 1. The number of likely N-dealkylation sites (N-methyl/N-ethyl adjacent to an activating group) is 1. The Kier molecular flexibility index (Phi) is 7.97. The average molecular weight is 348 g/mol. The Balaban J connectivity index is 2.92. The molecule has 0 amide bonds. The van der Waals surface area contributed by atoms with Crippen LogP contribution in [0.2, 0.25) is 0 Å². The molecule has 0 aromatic rings. The fourth-order valence-electron chi connectivity index (χ4n) is 2.50. The minimum atomic E-state index is -1.20. The van der Waals surface area contributed by atoms with Crippen molar-refractivity contribution < 1.29 is 14.3 Å².